The minimum atomic E-state index is 0.678. The highest BCUT2D eigenvalue weighted by atomic mass is 15.2. The van der Waals surface area contributed by atoms with Crippen LogP contribution in [0.5, 0.6) is 0 Å². The Bertz CT molecular complexity index is 561. The zero-order valence-corrected chi connectivity index (χ0v) is 11.0. The summed E-state index contributed by atoms with van der Waals surface area (Å²) in [6, 6.07) is 11.3. The van der Waals surface area contributed by atoms with E-state index < -0.39 is 0 Å². The molecule has 18 heavy (non-hydrogen) atoms. The second-order valence-corrected chi connectivity index (χ2v) is 5.17. The van der Waals surface area contributed by atoms with Crippen LogP contribution in [0.4, 0.5) is 0 Å². The van der Waals surface area contributed by atoms with Gasteiger partial charge in [-0.2, -0.15) is 0 Å². The zero-order valence-electron chi connectivity index (χ0n) is 11.0. The van der Waals surface area contributed by atoms with E-state index in [1.807, 2.05) is 0 Å². The molecule has 3 nitrogen and oxygen atoms in total. The van der Waals surface area contributed by atoms with Gasteiger partial charge in [-0.1, -0.05) is 18.2 Å². The molecule has 1 N–H and O–H groups in total. The molecule has 0 aliphatic carbocycles. The van der Waals surface area contributed by atoms with Crippen molar-refractivity contribution >= 4 is 10.9 Å². The van der Waals surface area contributed by atoms with Gasteiger partial charge in [-0.15, -0.1) is 0 Å². The van der Waals surface area contributed by atoms with Crippen molar-refractivity contribution in [1.29, 1.82) is 0 Å². The standard InChI is InChI=1S/C15H19N3/c1-11-7-12(10-18(2)13-8-16-9-13)14-5-3-4-6-15(14)17-11/h3-7,13,16H,8-10H2,1-2H3. The SMILES string of the molecule is Cc1cc(CN(C)C2CNC2)c2ccccc2n1. The van der Waals surface area contributed by atoms with Crippen LogP contribution in [0.3, 0.4) is 0 Å². The summed E-state index contributed by atoms with van der Waals surface area (Å²) in [5.74, 6) is 0. The fourth-order valence-electron chi connectivity index (χ4n) is 2.51. The number of para-hydroxylation sites is 1. The van der Waals surface area contributed by atoms with Gasteiger partial charge in [-0.25, -0.2) is 0 Å². The van der Waals surface area contributed by atoms with Crippen molar-refractivity contribution in [3.63, 3.8) is 0 Å². The summed E-state index contributed by atoms with van der Waals surface area (Å²) in [4.78, 5) is 7.02. The van der Waals surface area contributed by atoms with Gasteiger partial charge in [-0.3, -0.25) is 9.88 Å². The van der Waals surface area contributed by atoms with Crippen LogP contribution in [0.25, 0.3) is 10.9 Å². The van der Waals surface area contributed by atoms with Crippen LogP contribution in [0.2, 0.25) is 0 Å². The van der Waals surface area contributed by atoms with Crippen molar-refractivity contribution in [2.24, 2.45) is 0 Å². The first-order chi connectivity index (χ1) is 8.74. The van der Waals surface area contributed by atoms with Crippen LogP contribution in [0, 0.1) is 6.92 Å². The maximum Gasteiger partial charge on any atom is 0.0708 e. The average Bonchev–Trinajstić information content (AvgIpc) is 2.26. The third-order valence-corrected chi connectivity index (χ3v) is 3.73. The number of nitrogens with zero attached hydrogens (tertiary/aromatic N) is 2. The molecular weight excluding hydrogens is 222 g/mol. The second kappa shape index (κ2) is 4.67. The van der Waals surface area contributed by atoms with Crippen molar-refractivity contribution < 1.29 is 0 Å². The molecule has 2 aromatic rings. The first-order valence-corrected chi connectivity index (χ1v) is 6.50. The van der Waals surface area contributed by atoms with Gasteiger partial charge in [0.25, 0.3) is 0 Å². The third kappa shape index (κ3) is 2.11. The first kappa shape index (κ1) is 11.6. The molecule has 0 atom stereocenters. The van der Waals surface area contributed by atoms with E-state index in [0.29, 0.717) is 6.04 Å². The maximum atomic E-state index is 4.59. The number of hydrogen-bond donors (Lipinski definition) is 1. The molecule has 0 unspecified atom stereocenters. The van der Waals surface area contributed by atoms with Gasteiger partial charge in [0.1, 0.15) is 0 Å². The topological polar surface area (TPSA) is 28.2 Å². The predicted octanol–water partition coefficient (Wildman–Crippen LogP) is 1.95. The van der Waals surface area contributed by atoms with Crippen molar-refractivity contribution in [2.45, 2.75) is 19.5 Å². The highest BCUT2D eigenvalue weighted by Crippen LogP contribution is 2.20. The van der Waals surface area contributed by atoms with Gasteiger partial charge < -0.3 is 5.32 Å². The highest BCUT2D eigenvalue weighted by Gasteiger charge is 2.21. The minimum Gasteiger partial charge on any atom is -0.314 e. The van der Waals surface area contributed by atoms with Crippen molar-refractivity contribution in [2.75, 3.05) is 20.1 Å². The van der Waals surface area contributed by atoms with Crippen LogP contribution < -0.4 is 5.32 Å². The number of hydrogen-bond acceptors (Lipinski definition) is 3. The van der Waals surface area contributed by atoms with Crippen LogP contribution >= 0.6 is 0 Å². The zero-order chi connectivity index (χ0) is 12.5. The summed E-state index contributed by atoms with van der Waals surface area (Å²) in [7, 11) is 2.20. The largest absolute Gasteiger partial charge is 0.314 e. The van der Waals surface area contributed by atoms with E-state index in [-0.39, 0.29) is 0 Å². The van der Waals surface area contributed by atoms with E-state index in [0.717, 1.165) is 30.8 Å². The lowest BCUT2D eigenvalue weighted by Gasteiger charge is -2.35. The number of rotatable bonds is 3. The highest BCUT2D eigenvalue weighted by molar-refractivity contribution is 5.82. The molecule has 3 heteroatoms. The van der Waals surface area contributed by atoms with Crippen LogP contribution in [0.1, 0.15) is 11.3 Å². The number of fused-ring (bicyclic) bond motifs is 1. The lowest BCUT2D eigenvalue weighted by molar-refractivity contribution is 0.173. The lowest BCUT2D eigenvalue weighted by Crippen LogP contribution is -2.55. The van der Waals surface area contributed by atoms with E-state index in [1.54, 1.807) is 0 Å². The molecule has 0 amide bonds. The molecule has 2 heterocycles. The van der Waals surface area contributed by atoms with Crippen LogP contribution in [-0.4, -0.2) is 36.1 Å². The third-order valence-electron chi connectivity index (χ3n) is 3.73. The smallest absolute Gasteiger partial charge is 0.0708 e. The molecule has 3 rings (SSSR count). The quantitative estimate of drug-likeness (QED) is 0.890. The molecular formula is C15H19N3. The van der Waals surface area contributed by atoms with Gasteiger partial charge in [0.15, 0.2) is 0 Å². The van der Waals surface area contributed by atoms with Crippen molar-refractivity contribution in [1.82, 2.24) is 15.2 Å². The molecule has 0 radical (unpaired) electrons. The van der Waals surface area contributed by atoms with E-state index in [2.05, 4.69) is 59.5 Å². The van der Waals surface area contributed by atoms with Crippen LogP contribution in [0.15, 0.2) is 30.3 Å². The molecule has 1 aromatic carbocycles. The van der Waals surface area contributed by atoms with E-state index in [1.165, 1.54) is 10.9 Å². The summed E-state index contributed by atoms with van der Waals surface area (Å²) in [5, 5.41) is 4.60. The van der Waals surface area contributed by atoms with Crippen LogP contribution in [-0.2, 0) is 6.54 Å². The molecule has 0 spiro atoms. The normalized spacial score (nSPS) is 16.2. The van der Waals surface area contributed by atoms with Crippen molar-refractivity contribution in [3.05, 3.63) is 41.6 Å². The average molecular weight is 241 g/mol. The van der Waals surface area contributed by atoms with Gasteiger partial charge >= 0.3 is 0 Å². The minimum absolute atomic E-state index is 0.678. The number of aromatic nitrogens is 1. The van der Waals surface area contributed by atoms with E-state index in [9.17, 15) is 0 Å². The van der Waals surface area contributed by atoms with Gasteiger partial charge in [-0.05, 0) is 31.7 Å². The number of aryl methyl sites for hydroxylation is 1. The second-order valence-electron chi connectivity index (χ2n) is 5.17. The predicted molar refractivity (Wildman–Crippen MR) is 74.6 cm³/mol. The Balaban J connectivity index is 1.94. The Morgan fingerprint density at radius 3 is 2.83 bits per heavy atom. The lowest BCUT2D eigenvalue weighted by atomic mass is 10.1. The first-order valence-electron chi connectivity index (χ1n) is 6.50. The van der Waals surface area contributed by atoms with E-state index >= 15 is 0 Å². The Hall–Kier alpha value is -1.45. The summed E-state index contributed by atoms with van der Waals surface area (Å²) in [5.41, 5.74) is 3.59. The van der Waals surface area contributed by atoms with Gasteiger partial charge in [0, 0.05) is 36.8 Å². The monoisotopic (exact) mass is 241 g/mol. The summed E-state index contributed by atoms with van der Waals surface area (Å²) in [6.45, 7) is 5.29. The maximum absolute atomic E-state index is 4.59. The fourth-order valence-corrected chi connectivity index (χ4v) is 2.51. The summed E-state index contributed by atoms with van der Waals surface area (Å²) in [6.07, 6.45) is 0. The molecule has 0 saturated carbocycles. The fraction of sp³-hybridized carbons (Fsp3) is 0.400. The number of benzene rings is 1. The molecule has 1 fully saturated rings. The molecule has 1 aromatic heterocycles. The molecule has 1 aliphatic rings. The van der Waals surface area contributed by atoms with Gasteiger partial charge in [0.2, 0.25) is 0 Å². The molecule has 1 saturated heterocycles. The Labute approximate surface area is 108 Å². The molecule has 0 bridgehead atoms. The Morgan fingerprint density at radius 2 is 2.11 bits per heavy atom. The van der Waals surface area contributed by atoms with Gasteiger partial charge in [0.05, 0.1) is 5.52 Å². The summed E-state index contributed by atoms with van der Waals surface area (Å²) >= 11 is 0. The summed E-state index contributed by atoms with van der Waals surface area (Å²) < 4.78 is 0. The molecule has 1 aliphatic heterocycles. The van der Waals surface area contributed by atoms with E-state index in [4.69, 9.17) is 0 Å². The number of nitrogens with one attached hydrogen (secondary N) is 1. The number of likely N-dealkylation sites (N-methyl/N-ethyl adjacent to an activating group) is 1. The molecule has 94 valence electrons. The van der Waals surface area contributed by atoms with Crippen molar-refractivity contribution in [3.8, 4) is 0 Å². The Kier molecular flexibility index (Phi) is 3.02. The number of pyridine rings is 1. The Morgan fingerprint density at radius 1 is 1.33 bits per heavy atom.